The maximum Gasteiger partial charge on any atom is 0.117 e. The van der Waals surface area contributed by atoms with Crippen LogP contribution in [-0.4, -0.2) is 36.3 Å². The fraction of sp³-hybridized carbons (Fsp3) is 0.263. The number of halogens is 1. The maximum atomic E-state index is 9.60. The Balaban J connectivity index is 1.69. The van der Waals surface area contributed by atoms with E-state index in [-0.39, 0.29) is 11.8 Å². The Morgan fingerprint density at radius 2 is 2.31 bits per heavy atom. The number of allylic oxidation sites excluding steroid dienone is 1. The number of phenols is 1. The lowest BCUT2D eigenvalue weighted by atomic mass is 9.97. The average molecular weight is 370 g/mol. The molecule has 2 aromatic heterocycles. The zero-order valence-electron chi connectivity index (χ0n) is 14.3. The number of nitrogens with one attached hydrogen (secondary N) is 1. The van der Waals surface area contributed by atoms with E-state index in [1.807, 2.05) is 29.2 Å². The van der Waals surface area contributed by atoms with Crippen molar-refractivity contribution in [3.63, 3.8) is 0 Å². The zero-order chi connectivity index (χ0) is 18.1. The summed E-state index contributed by atoms with van der Waals surface area (Å²) in [5.74, 6) is 0.175. The summed E-state index contributed by atoms with van der Waals surface area (Å²) in [7, 11) is 0. The van der Waals surface area contributed by atoms with Gasteiger partial charge in [-0.25, -0.2) is 4.98 Å². The predicted octanol–water partition coefficient (Wildman–Crippen LogP) is 3.30. The number of nitrogens with zero attached hydrogens (tertiary/aromatic N) is 4. The summed E-state index contributed by atoms with van der Waals surface area (Å²) in [6, 6.07) is 5.13. The molecule has 3 heterocycles. The molecule has 1 aromatic carbocycles. The summed E-state index contributed by atoms with van der Waals surface area (Å²) in [6.45, 7) is 5.99. The molecule has 1 aliphatic rings. The fourth-order valence-electron chi connectivity index (χ4n) is 3.50. The summed E-state index contributed by atoms with van der Waals surface area (Å²) in [4.78, 5) is 10.2. The predicted molar refractivity (Wildman–Crippen MR) is 100 cm³/mol. The van der Waals surface area contributed by atoms with Crippen LogP contribution in [0.25, 0.3) is 0 Å². The lowest BCUT2D eigenvalue weighted by Crippen LogP contribution is -2.35. The van der Waals surface area contributed by atoms with Crippen molar-refractivity contribution in [3.05, 3.63) is 77.1 Å². The third-order valence-corrected chi connectivity index (χ3v) is 5.07. The molecular weight excluding hydrogens is 350 g/mol. The summed E-state index contributed by atoms with van der Waals surface area (Å²) >= 11 is 6.33. The third kappa shape index (κ3) is 3.13. The topological polar surface area (TPSA) is 70.0 Å². The standard InChI is InChI=1S/C19H20ClN5O/c1-2-6-25-11-14(9-23-25)19-18-17(21-12-22-18)5-7-24(19)10-13-3-4-15(26)8-16(13)20/h2-4,8-9,11-12,19,26H,1,5-7,10H2,(H,21,22)/t19-/m0/s1. The fourth-order valence-corrected chi connectivity index (χ4v) is 3.73. The first-order valence-corrected chi connectivity index (χ1v) is 8.90. The van der Waals surface area contributed by atoms with Gasteiger partial charge in [-0.1, -0.05) is 23.7 Å². The van der Waals surface area contributed by atoms with Crippen molar-refractivity contribution in [1.29, 1.82) is 0 Å². The van der Waals surface area contributed by atoms with Gasteiger partial charge in [0.2, 0.25) is 0 Å². The van der Waals surface area contributed by atoms with Crippen LogP contribution in [0.3, 0.4) is 0 Å². The molecule has 3 aromatic rings. The molecule has 0 aliphatic carbocycles. The lowest BCUT2D eigenvalue weighted by molar-refractivity contribution is 0.200. The number of aromatic nitrogens is 4. The van der Waals surface area contributed by atoms with E-state index in [1.165, 1.54) is 5.69 Å². The summed E-state index contributed by atoms with van der Waals surface area (Å²) in [6.07, 6.45) is 8.42. The van der Waals surface area contributed by atoms with Crippen molar-refractivity contribution >= 4 is 11.6 Å². The van der Waals surface area contributed by atoms with Crippen molar-refractivity contribution < 1.29 is 5.11 Å². The van der Waals surface area contributed by atoms with Gasteiger partial charge >= 0.3 is 0 Å². The van der Waals surface area contributed by atoms with Gasteiger partial charge in [0.1, 0.15) is 5.75 Å². The summed E-state index contributed by atoms with van der Waals surface area (Å²) in [5.41, 5.74) is 4.27. The van der Waals surface area contributed by atoms with Crippen molar-refractivity contribution in [3.8, 4) is 5.75 Å². The number of aromatic amines is 1. The smallest absolute Gasteiger partial charge is 0.117 e. The quantitative estimate of drug-likeness (QED) is 0.677. The molecule has 0 saturated carbocycles. The summed E-state index contributed by atoms with van der Waals surface area (Å²) in [5, 5.41) is 14.6. The lowest BCUT2D eigenvalue weighted by Gasteiger charge is -2.34. The van der Waals surface area contributed by atoms with Crippen molar-refractivity contribution in [2.45, 2.75) is 25.6 Å². The molecule has 0 spiro atoms. The number of imidazole rings is 1. The molecular formula is C19H20ClN5O. The monoisotopic (exact) mass is 369 g/mol. The number of aromatic hydroxyl groups is 1. The Kier molecular flexibility index (Phi) is 4.53. The van der Waals surface area contributed by atoms with Crippen LogP contribution in [0.15, 0.2) is 49.6 Å². The molecule has 2 N–H and O–H groups in total. The molecule has 26 heavy (non-hydrogen) atoms. The van der Waals surface area contributed by atoms with E-state index in [1.54, 1.807) is 18.5 Å². The molecule has 0 amide bonds. The zero-order valence-corrected chi connectivity index (χ0v) is 15.0. The van der Waals surface area contributed by atoms with E-state index in [9.17, 15) is 5.11 Å². The van der Waals surface area contributed by atoms with Crippen LogP contribution in [0.5, 0.6) is 5.75 Å². The van der Waals surface area contributed by atoms with E-state index in [0.29, 0.717) is 18.1 Å². The Bertz CT molecular complexity index is 932. The van der Waals surface area contributed by atoms with E-state index in [0.717, 1.165) is 29.8 Å². The Labute approximate surface area is 156 Å². The molecule has 0 radical (unpaired) electrons. The molecule has 7 heteroatoms. The minimum absolute atomic E-state index is 0.00781. The van der Waals surface area contributed by atoms with Gasteiger partial charge in [-0.3, -0.25) is 9.58 Å². The molecule has 1 aliphatic heterocycles. The summed E-state index contributed by atoms with van der Waals surface area (Å²) < 4.78 is 1.87. The Hall–Kier alpha value is -2.57. The van der Waals surface area contributed by atoms with Crippen LogP contribution in [-0.2, 0) is 19.5 Å². The van der Waals surface area contributed by atoms with Crippen LogP contribution in [0, 0.1) is 0 Å². The van der Waals surface area contributed by atoms with Gasteiger partial charge in [0.15, 0.2) is 0 Å². The third-order valence-electron chi connectivity index (χ3n) is 4.72. The molecule has 0 saturated heterocycles. The van der Waals surface area contributed by atoms with Gasteiger partial charge in [-0.15, -0.1) is 6.58 Å². The first-order chi connectivity index (χ1) is 12.7. The second kappa shape index (κ2) is 6.97. The highest BCUT2D eigenvalue weighted by Gasteiger charge is 2.32. The van der Waals surface area contributed by atoms with E-state index in [2.05, 4.69) is 26.5 Å². The second-order valence-electron chi connectivity index (χ2n) is 6.45. The number of fused-ring (bicyclic) bond motifs is 1. The van der Waals surface area contributed by atoms with E-state index < -0.39 is 0 Å². The number of H-pyrrole nitrogens is 1. The number of phenolic OH excluding ortho intramolecular Hbond substituents is 1. The van der Waals surface area contributed by atoms with Gasteiger partial charge in [0.25, 0.3) is 0 Å². The minimum Gasteiger partial charge on any atom is -0.508 e. The van der Waals surface area contributed by atoms with E-state index in [4.69, 9.17) is 11.6 Å². The van der Waals surface area contributed by atoms with Crippen LogP contribution in [0.1, 0.15) is 28.6 Å². The van der Waals surface area contributed by atoms with E-state index >= 15 is 0 Å². The molecule has 0 bridgehead atoms. The highest BCUT2D eigenvalue weighted by molar-refractivity contribution is 6.31. The molecule has 134 valence electrons. The van der Waals surface area contributed by atoms with Gasteiger partial charge in [-0.2, -0.15) is 5.10 Å². The highest BCUT2D eigenvalue weighted by atomic mass is 35.5. The Morgan fingerprint density at radius 1 is 1.42 bits per heavy atom. The Morgan fingerprint density at radius 3 is 3.12 bits per heavy atom. The average Bonchev–Trinajstić information content (AvgIpc) is 3.26. The molecule has 4 rings (SSSR count). The van der Waals surface area contributed by atoms with Crippen molar-refractivity contribution in [1.82, 2.24) is 24.6 Å². The van der Waals surface area contributed by atoms with Crippen LogP contribution >= 0.6 is 11.6 Å². The van der Waals surface area contributed by atoms with Gasteiger partial charge in [0, 0.05) is 42.0 Å². The normalized spacial score (nSPS) is 17.2. The maximum absolute atomic E-state index is 9.60. The van der Waals surface area contributed by atoms with Gasteiger partial charge < -0.3 is 10.1 Å². The molecule has 6 nitrogen and oxygen atoms in total. The highest BCUT2D eigenvalue weighted by Crippen LogP contribution is 2.35. The minimum atomic E-state index is 0.00781. The number of benzene rings is 1. The first kappa shape index (κ1) is 16.9. The second-order valence-corrected chi connectivity index (χ2v) is 6.86. The largest absolute Gasteiger partial charge is 0.508 e. The first-order valence-electron chi connectivity index (χ1n) is 8.52. The van der Waals surface area contributed by atoms with Crippen molar-refractivity contribution in [2.75, 3.05) is 6.54 Å². The molecule has 1 atom stereocenters. The number of hydrogen-bond donors (Lipinski definition) is 2. The van der Waals surface area contributed by atoms with Crippen LogP contribution in [0.4, 0.5) is 0 Å². The van der Waals surface area contributed by atoms with Gasteiger partial charge in [-0.05, 0) is 17.7 Å². The molecule has 0 fully saturated rings. The SMILES string of the molecule is C=CCn1cc([C@H]2c3nc[nH]c3CCN2Cc2ccc(O)cc2Cl)cn1. The number of hydrogen-bond acceptors (Lipinski definition) is 4. The van der Waals surface area contributed by atoms with Crippen LogP contribution < -0.4 is 0 Å². The van der Waals surface area contributed by atoms with Gasteiger partial charge in [0.05, 0.1) is 30.8 Å². The number of rotatable bonds is 5. The van der Waals surface area contributed by atoms with Crippen LogP contribution in [0.2, 0.25) is 5.02 Å². The van der Waals surface area contributed by atoms with Crippen molar-refractivity contribution in [2.24, 2.45) is 0 Å². The molecule has 0 unspecified atom stereocenters.